The van der Waals surface area contributed by atoms with Crippen LogP contribution >= 0.6 is 0 Å². The van der Waals surface area contributed by atoms with Crippen molar-refractivity contribution in [2.75, 3.05) is 13.2 Å². The third kappa shape index (κ3) is 5.31. The number of esters is 1. The third-order valence-electron chi connectivity index (χ3n) is 2.25. The van der Waals surface area contributed by atoms with Gasteiger partial charge in [0.2, 0.25) is 0 Å². The van der Waals surface area contributed by atoms with Gasteiger partial charge in [0, 0.05) is 6.08 Å². The summed E-state index contributed by atoms with van der Waals surface area (Å²) in [5.74, 6) is -0.330. The summed E-state index contributed by atoms with van der Waals surface area (Å²) >= 11 is 0. The van der Waals surface area contributed by atoms with Crippen molar-refractivity contribution in [3.63, 3.8) is 0 Å². The van der Waals surface area contributed by atoms with Crippen molar-refractivity contribution in [2.24, 2.45) is 0 Å². The molecule has 0 aliphatic heterocycles. The fourth-order valence-electron chi connectivity index (χ4n) is 1.35. The lowest BCUT2D eigenvalue weighted by atomic mass is 10.1. The molecule has 0 aliphatic carbocycles. The Morgan fingerprint density at radius 1 is 1.35 bits per heavy atom. The van der Waals surface area contributed by atoms with E-state index in [1.807, 2.05) is 37.3 Å². The molecule has 0 N–H and O–H groups in total. The predicted octanol–water partition coefficient (Wildman–Crippen LogP) is 2.88. The van der Waals surface area contributed by atoms with Crippen molar-refractivity contribution >= 4 is 5.97 Å². The summed E-state index contributed by atoms with van der Waals surface area (Å²) in [4.78, 5) is 11.0. The summed E-state index contributed by atoms with van der Waals surface area (Å²) in [5.41, 5.74) is 1.12. The van der Waals surface area contributed by atoms with Gasteiger partial charge in [-0.15, -0.1) is 0 Å². The molecule has 0 fully saturated rings. The Labute approximate surface area is 102 Å². The smallest absolute Gasteiger partial charge is 0.330 e. The number of benzene rings is 1. The van der Waals surface area contributed by atoms with E-state index in [4.69, 9.17) is 9.47 Å². The molecule has 0 saturated heterocycles. The lowest BCUT2D eigenvalue weighted by Crippen LogP contribution is -2.02. The summed E-state index contributed by atoms with van der Waals surface area (Å²) < 4.78 is 10.3. The molecule has 0 aliphatic rings. The zero-order chi connectivity index (χ0) is 12.5. The standard InChI is InChI=1S/C14H18O3/c1-3-16-14(15)10-7-11-17-12(2)13-8-5-4-6-9-13/h4-10,12H,3,11H2,1-2H3/b10-7+. The van der Waals surface area contributed by atoms with E-state index in [1.165, 1.54) is 6.08 Å². The second-order valence-electron chi connectivity index (χ2n) is 3.54. The molecule has 1 rings (SSSR count). The van der Waals surface area contributed by atoms with Crippen LogP contribution in [-0.2, 0) is 14.3 Å². The van der Waals surface area contributed by atoms with E-state index in [0.717, 1.165) is 5.56 Å². The molecule has 0 spiro atoms. The normalized spacial score (nSPS) is 12.6. The Balaban J connectivity index is 2.29. The molecular formula is C14H18O3. The van der Waals surface area contributed by atoms with Gasteiger partial charge in [-0.1, -0.05) is 36.4 Å². The zero-order valence-corrected chi connectivity index (χ0v) is 10.3. The van der Waals surface area contributed by atoms with Crippen LogP contribution in [0.4, 0.5) is 0 Å². The van der Waals surface area contributed by atoms with Crippen molar-refractivity contribution in [1.29, 1.82) is 0 Å². The van der Waals surface area contributed by atoms with Gasteiger partial charge in [-0.25, -0.2) is 4.79 Å². The molecule has 1 unspecified atom stereocenters. The zero-order valence-electron chi connectivity index (χ0n) is 10.3. The third-order valence-corrected chi connectivity index (χ3v) is 2.25. The summed E-state index contributed by atoms with van der Waals surface area (Å²) in [6.45, 7) is 4.55. The molecule has 0 bridgehead atoms. The second kappa shape index (κ2) is 7.63. The van der Waals surface area contributed by atoms with Gasteiger partial charge in [0.25, 0.3) is 0 Å². The lowest BCUT2D eigenvalue weighted by Gasteiger charge is -2.11. The molecule has 17 heavy (non-hydrogen) atoms. The second-order valence-corrected chi connectivity index (χ2v) is 3.54. The van der Waals surface area contributed by atoms with E-state index < -0.39 is 0 Å². The highest BCUT2D eigenvalue weighted by Crippen LogP contribution is 2.15. The molecule has 1 aromatic carbocycles. The maximum absolute atomic E-state index is 11.0. The molecule has 1 atom stereocenters. The topological polar surface area (TPSA) is 35.5 Å². The van der Waals surface area contributed by atoms with Crippen LogP contribution in [0.1, 0.15) is 25.5 Å². The number of carbonyl (C=O) groups is 1. The van der Waals surface area contributed by atoms with Gasteiger partial charge in [-0.3, -0.25) is 0 Å². The highest BCUT2D eigenvalue weighted by Gasteiger charge is 2.03. The maximum atomic E-state index is 11.0. The van der Waals surface area contributed by atoms with Gasteiger partial charge < -0.3 is 9.47 Å². The van der Waals surface area contributed by atoms with Crippen LogP contribution in [0.3, 0.4) is 0 Å². The first-order valence-electron chi connectivity index (χ1n) is 5.74. The lowest BCUT2D eigenvalue weighted by molar-refractivity contribution is -0.137. The predicted molar refractivity (Wildman–Crippen MR) is 66.6 cm³/mol. The van der Waals surface area contributed by atoms with Gasteiger partial charge in [-0.2, -0.15) is 0 Å². The molecule has 0 saturated carbocycles. The maximum Gasteiger partial charge on any atom is 0.330 e. The SMILES string of the molecule is CCOC(=O)/C=C/COC(C)c1ccccc1. The van der Waals surface area contributed by atoms with Crippen molar-refractivity contribution in [2.45, 2.75) is 20.0 Å². The van der Waals surface area contributed by atoms with E-state index in [1.54, 1.807) is 13.0 Å². The van der Waals surface area contributed by atoms with E-state index in [-0.39, 0.29) is 12.1 Å². The first-order chi connectivity index (χ1) is 8.24. The Morgan fingerprint density at radius 2 is 2.06 bits per heavy atom. The van der Waals surface area contributed by atoms with Crippen LogP contribution in [0.15, 0.2) is 42.5 Å². The van der Waals surface area contributed by atoms with Crippen LogP contribution < -0.4 is 0 Å². The molecular weight excluding hydrogens is 216 g/mol. The monoisotopic (exact) mass is 234 g/mol. The van der Waals surface area contributed by atoms with Gasteiger partial charge in [0.1, 0.15) is 0 Å². The van der Waals surface area contributed by atoms with Gasteiger partial charge in [-0.05, 0) is 19.4 Å². The largest absolute Gasteiger partial charge is 0.463 e. The summed E-state index contributed by atoms with van der Waals surface area (Å²) in [6.07, 6.45) is 3.07. The highest BCUT2D eigenvalue weighted by molar-refractivity contribution is 5.81. The van der Waals surface area contributed by atoms with Crippen molar-refractivity contribution < 1.29 is 14.3 Å². The fourth-order valence-corrected chi connectivity index (χ4v) is 1.35. The van der Waals surface area contributed by atoms with Crippen LogP contribution in [0.25, 0.3) is 0 Å². The van der Waals surface area contributed by atoms with Crippen molar-refractivity contribution in [3.8, 4) is 0 Å². The van der Waals surface area contributed by atoms with Crippen molar-refractivity contribution in [1.82, 2.24) is 0 Å². The summed E-state index contributed by atoms with van der Waals surface area (Å²) in [7, 11) is 0. The molecule has 92 valence electrons. The van der Waals surface area contributed by atoms with Gasteiger partial charge >= 0.3 is 5.97 Å². The summed E-state index contributed by atoms with van der Waals surface area (Å²) in [6, 6.07) is 9.95. The fraction of sp³-hybridized carbons (Fsp3) is 0.357. The molecule has 3 heteroatoms. The average molecular weight is 234 g/mol. The number of hydrogen-bond donors (Lipinski definition) is 0. The van der Waals surface area contributed by atoms with Crippen LogP contribution in [0, 0.1) is 0 Å². The first-order valence-corrected chi connectivity index (χ1v) is 5.74. The number of ether oxygens (including phenoxy) is 2. The molecule has 0 aromatic heterocycles. The van der Waals surface area contributed by atoms with Gasteiger partial charge in [0.05, 0.1) is 19.3 Å². The summed E-state index contributed by atoms with van der Waals surface area (Å²) in [5, 5.41) is 0. The van der Waals surface area contributed by atoms with E-state index >= 15 is 0 Å². The molecule has 0 amide bonds. The molecule has 3 nitrogen and oxygen atoms in total. The van der Waals surface area contributed by atoms with Gasteiger partial charge in [0.15, 0.2) is 0 Å². The van der Waals surface area contributed by atoms with Crippen LogP contribution in [0.2, 0.25) is 0 Å². The Bertz CT molecular complexity index is 357. The number of rotatable bonds is 6. The quantitative estimate of drug-likeness (QED) is 0.561. The van der Waals surface area contributed by atoms with E-state index in [0.29, 0.717) is 13.2 Å². The average Bonchev–Trinajstić information content (AvgIpc) is 2.36. The minimum absolute atomic E-state index is 0.0167. The minimum atomic E-state index is -0.330. The Morgan fingerprint density at radius 3 is 2.71 bits per heavy atom. The van der Waals surface area contributed by atoms with E-state index in [9.17, 15) is 4.79 Å². The molecule has 0 heterocycles. The molecule has 0 radical (unpaired) electrons. The number of carbonyl (C=O) groups excluding carboxylic acids is 1. The van der Waals surface area contributed by atoms with Crippen molar-refractivity contribution in [3.05, 3.63) is 48.0 Å². The van der Waals surface area contributed by atoms with E-state index in [2.05, 4.69) is 0 Å². The highest BCUT2D eigenvalue weighted by atomic mass is 16.5. The molecule has 1 aromatic rings. The Hall–Kier alpha value is -1.61. The van der Waals surface area contributed by atoms with Crippen LogP contribution in [-0.4, -0.2) is 19.2 Å². The van der Waals surface area contributed by atoms with Crippen LogP contribution in [0.5, 0.6) is 0 Å². The first kappa shape index (κ1) is 13.5. The minimum Gasteiger partial charge on any atom is -0.463 e. The Kier molecular flexibility index (Phi) is 6.04. The number of hydrogen-bond acceptors (Lipinski definition) is 3.